The van der Waals surface area contributed by atoms with Gasteiger partial charge in [0.1, 0.15) is 10.8 Å². The zero-order chi connectivity index (χ0) is 14.1. The van der Waals surface area contributed by atoms with Gasteiger partial charge in [-0.15, -0.1) is 11.3 Å². The van der Waals surface area contributed by atoms with Crippen LogP contribution in [0.4, 0.5) is 4.39 Å². The zero-order valence-corrected chi connectivity index (χ0v) is 13.1. The summed E-state index contributed by atoms with van der Waals surface area (Å²) in [4.78, 5) is 5.63. The Morgan fingerprint density at radius 1 is 1.05 bits per heavy atom. The smallest absolute Gasteiger partial charge is 0.132 e. The van der Waals surface area contributed by atoms with E-state index >= 15 is 0 Å². The second-order valence-corrected chi connectivity index (χ2v) is 6.53. The number of rotatable bonds is 2. The lowest BCUT2D eigenvalue weighted by Crippen LogP contribution is -1.86. The highest BCUT2D eigenvalue weighted by molar-refractivity contribution is 9.10. The molecule has 2 aromatic carbocycles. The summed E-state index contributed by atoms with van der Waals surface area (Å²) in [5.41, 5.74) is 2.33. The summed E-state index contributed by atoms with van der Waals surface area (Å²) in [7, 11) is 0. The molecule has 1 aromatic heterocycles. The van der Waals surface area contributed by atoms with Crippen LogP contribution in [0.25, 0.3) is 21.8 Å². The minimum atomic E-state index is -0.233. The van der Waals surface area contributed by atoms with Crippen LogP contribution in [-0.4, -0.2) is 4.98 Å². The molecule has 1 heterocycles. The van der Waals surface area contributed by atoms with Crippen LogP contribution in [0, 0.1) is 12.7 Å². The van der Waals surface area contributed by atoms with Crippen molar-refractivity contribution >= 4 is 27.3 Å². The molecule has 0 bridgehead atoms. The Hall–Kier alpha value is -1.52. The molecule has 20 heavy (non-hydrogen) atoms. The maximum atomic E-state index is 13.9. The van der Waals surface area contributed by atoms with E-state index < -0.39 is 0 Å². The molecule has 0 radical (unpaired) electrons. The number of halogens is 2. The number of hydrogen-bond donors (Lipinski definition) is 0. The summed E-state index contributed by atoms with van der Waals surface area (Å²) in [5, 5.41) is 0.910. The lowest BCUT2D eigenvalue weighted by Gasteiger charge is -2.00. The lowest BCUT2D eigenvalue weighted by molar-refractivity contribution is 0.631. The standard InChI is InChI=1S/C16H11BrFNS/c1-10-15(13-4-2-3-5-14(13)18)19-16(20-10)11-6-8-12(17)9-7-11/h2-9H,1H3. The van der Waals surface area contributed by atoms with Crippen molar-refractivity contribution in [3.8, 4) is 21.8 Å². The minimum absolute atomic E-state index is 0.233. The maximum Gasteiger partial charge on any atom is 0.132 e. The molecule has 4 heteroatoms. The van der Waals surface area contributed by atoms with E-state index in [9.17, 15) is 4.39 Å². The third kappa shape index (κ3) is 2.53. The Balaban J connectivity index is 2.08. The summed E-state index contributed by atoms with van der Waals surface area (Å²) in [6.07, 6.45) is 0. The molecular weight excluding hydrogens is 337 g/mol. The summed E-state index contributed by atoms with van der Waals surface area (Å²) in [6, 6.07) is 14.7. The lowest BCUT2D eigenvalue weighted by atomic mass is 10.1. The largest absolute Gasteiger partial charge is 0.236 e. The van der Waals surface area contributed by atoms with E-state index in [1.807, 2.05) is 37.3 Å². The quantitative estimate of drug-likeness (QED) is 0.580. The van der Waals surface area contributed by atoms with Crippen molar-refractivity contribution in [1.82, 2.24) is 4.98 Å². The van der Waals surface area contributed by atoms with E-state index in [4.69, 9.17) is 0 Å². The molecule has 3 rings (SSSR count). The van der Waals surface area contributed by atoms with Gasteiger partial charge in [-0.25, -0.2) is 9.37 Å². The van der Waals surface area contributed by atoms with E-state index in [0.717, 1.165) is 25.6 Å². The van der Waals surface area contributed by atoms with E-state index in [1.54, 1.807) is 23.5 Å². The van der Waals surface area contributed by atoms with Crippen molar-refractivity contribution in [2.24, 2.45) is 0 Å². The van der Waals surface area contributed by atoms with Crippen LogP contribution in [0.1, 0.15) is 4.88 Å². The van der Waals surface area contributed by atoms with Crippen LogP contribution in [0.5, 0.6) is 0 Å². The van der Waals surface area contributed by atoms with E-state index in [-0.39, 0.29) is 5.82 Å². The second kappa shape index (κ2) is 5.46. The van der Waals surface area contributed by atoms with Gasteiger partial charge in [0.25, 0.3) is 0 Å². The van der Waals surface area contributed by atoms with Gasteiger partial charge in [-0.1, -0.05) is 40.2 Å². The number of aromatic nitrogens is 1. The van der Waals surface area contributed by atoms with Gasteiger partial charge < -0.3 is 0 Å². The van der Waals surface area contributed by atoms with Gasteiger partial charge in [0.15, 0.2) is 0 Å². The van der Waals surface area contributed by atoms with Crippen LogP contribution in [0.15, 0.2) is 53.0 Å². The van der Waals surface area contributed by atoms with Gasteiger partial charge >= 0.3 is 0 Å². The van der Waals surface area contributed by atoms with E-state index in [0.29, 0.717) is 5.56 Å². The molecule has 0 atom stereocenters. The highest BCUT2D eigenvalue weighted by Gasteiger charge is 2.14. The summed E-state index contributed by atoms with van der Waals surface area (Å²) < 4.78 is 14.9. The first-order valence-electron chi connectivity index (χ1n) is 6.13. The molecule has 0 N–H and O–H groups in total. The fraction of sp³-hybridized carbons (Fsp3) is 0.0625. The summed E-state index contributed by atoms with van der Waals surface area (Å²) in [6.45, 7) is 1.97. The summed E-state index contributed by atoms with van der Waals surface area (Å²) in [5.74, 6) is -0.233. The summed E-state index contributed by atoms with van der Waals surface area (Å²) >= 11 is 5.00. The Morgan fingerprint density at radius 2 is 1.75 bits per heavy atom. The van der Waals surface area contributed by atoms with Gasteiger partial charge in [0.05, 0.1) is 5.69 Å². The van der Waals surface area contributed by atoms with Crippen molar-refractivity contribution in [2.45, 2.75) is 6.92 Å². The monoisotopic (exact) mass is 347 g/mol. The van der Waals surface area contributed by atoms with Gasteiger partial charge in [0.2, 0.25) is 0 Å². The number of thiazole rings is 1. The molecular formula is C16H11BrFNS. The van der Waals surface area contributed by atoms with Crippen molar-refractivity contribution in [2.75, 3.05) is 0 Å². The molecule has 0 amide bonds. The zero-order valence-electron chi connectivity index (χ0n) is 10.7. The van der Waals surface area contributed by atoms with Crippen LogP contribution >= 0.6 is 27.3 Å². The fourth-order valence-corrected chi connectivity index (χ4v) is 3.21. The van der Waals surface area contributed by atoms with Crippen LogP contribution in [0.2, 0.25) is 0 Å². The highest BCUT2D eigenvalue weighted by atomic mass is 79.9. The average molecular weight is 348 g/mol. The predicted molar refractivity (Wildman–Crippen MR) is 85.4 cm³/mol. The molecule has 0 spiro atoms. The third-order valence-corrected chi connectivity index (χ3v) is 4.57. The van der Waals surface area contributed by atoms with Crippen LogP contribution in [0.3, 0.4) is 0 Å². The molecule has 0 fully saturated rings. The molecule has 0 unspecified atom stereocenters. The average Bonchev–Trinajstić information content (AvgIpc) is 2.82. The molecule has 0 saturated heterocycles. The Bertz CT molecular complexity index is 749. The van der Waals surface area contributed by atoms with Gasteiger partial charge in [0, 0.05) is 20.5 Å². The molecule has 100 valence electrons. The minimum Gasteiger partial charge on any atom is -0.236 e. The number of nitrogens with zero attached hydrogens (tertiary/aromatic N) is 1. The Labute approximate surface area is 129 Å². The molecule has 0 saturated carbocycles. The van der Waals surface area contributed by atoms with E-state index in [1.165, 1.54) is 6.07 Å². The van der Waals surface area contributed by atoms with Crippen LogP contribution in [-0.2, 0) is 0 Å². The third-order valence-electron chi connectivity index (χ3n) is 3.02. The van der Waals surface area contributed by atoms with Gasteiger partial charge in [-0.3, -0.25) is 0 Å². The number of aryl methyl sites for hydroxylation is 1. The topological polar surface area (TPSA) is 12.9 Å². The predicted octanol–water partition coefficient (Wildman–Crippen LogP) is 5.69. The van der Waals surface area contributed by atoms with Crippen molar-refractivity contribution in [3.63, 3.8) is 0 Å². The van der Waals surface area contributed by atoms with Gasteiger partial charge in [-0.05, 0) is 31.2 Å². The molecule has 3 aromatic rings. The van der Waals surface area contributed by atoms with E-state index in [2.05, 4.69) is 20.9 Å². The SMILES string of the molecule is Cc1sc(-c2ccc(Br)cc2)nc1-c1ccccc1F. The molecule has 0 aliphatic carbocycles. The molecule has 0 aliphatic rings. The Kier molecular flexibility index (Phi) is 3.68. The number of benzene rings is 2. The second-order valence-electron chi connectivity index (χ2n) is 4.41. The molecule has 0 aliphatic heterocycles. The number of hydrogen-bond acceptors (Lipinski definition) is 2. The normalized spacial score (nSPS) is 10.8. The van der Waals surface area contributed by atoms with Crippen molar-refractivity contribution in [1.29, 1.82) is 0 Å². The fourth-order valence-electron chi connectivity index (χ4n) is 2.02. The van der Waals surface area contributed by atoms with Gasteiger partial charge in [-0.2, -0.15) is 0 Å². The highest BCUT2D eigenvalue weighted by Crippen LogP contribution is 2.34. The van der Waals surface area contributed by atoms with Crippen molar-refractivity contribution < 1.29 is 4.39 Å². The first-order valence-corrected chi connectivity index (χ1v) is 7.74. The van der Waals surface area contributed by atoms with Crippen LogP contribution < -0.4 is 0 Å². The Morgan fingerprint density at radius 3 is 2.45 bits per heavy atom. The first-order chi connectivity index (χ1) is 9.65. The molecule has 1 nitrogen and oxygen atoms in total. The first kappa shape index (κ1) is 13.5. The maximum absolute atomic E-state index is 13.9. The van der Waals surface area contributed by atoms with Crippen molar-refractivity contribution in [3.05, 3.63) is 63.7 Å².